The average molecular weight is 499 g/mol. The molecule has 3 rings (SSSR count). The van der Waals surface area contributed by atoms with Crippen molar-refractivity contribution in [2.24, 2.45) is 0 Å². The number of aryl methyl sites for hydroxylation is 2. The number of nitrogens with one attached hydrogen (secondary N) is 2. The summed E-state index contributed by atoms with van der Waals surface area (Å²) < 4.78 is 44.1. The minimum atomic E-state index is -3.76. The summed E-state index contributed by atoms with van der Waals surface area (Å²) in [5.41, 5.74) is 3.28. The molecular weight excluding hydrogens is 468 g/mol. The van der Waals surface area contributed by atoms with Crippen molar-refractivity contribution >= 4 is 21.6 Å². The zero-order chi connectivity index (χ0) is 25.6. The molecule has 1 atom stereocenters. The fraction of sp³-hybridized carbons (Fsp3) is 0.269. The van der Waals surface area contributed by atoms with Crippen LogP contribution in [0.4, 0.5) is 5.69 Å². The van der Waals surface area contributed by atoms with E-state index in [9.17, 15) is 13.2 Å². The normalized spacial score (nSPS) is 11.9. The molecule has 3 aromatic rings. The summed E-state index contributed by atoms with van der Waals surface area (Å²) in [5.74, 6) is 1.24. The number of benzene rings is 3. The number of carbonyl (C=O) groups excluding carboxylic acids is 1. The van der Waals surface area contributed by atoms with Crippen molar-refractivity contribution in [3.05, 3.63) is 77.4 Å². The average Bonchev–Trinajstić information content (AvgIpc) is 2.81. The number of ether oxygens (including phenoxy) is 3. The largest absolute Gasteiger partial charge is 0.493 e. The van der Waals surface area contributed by atoms with Gasteiger partial charge in [0.25, 0.3) is 15.9 Å². The van der Waals surface area contributed by atoms with E-state index in [1.165, 1.54) is 24.3 Å². The Bertz CT molecular complexity index is 1270. The minimum absolute atomic E-state index is 0.0931. The Morgan fingerprint density at radius 3 is 2.11 bits per heavy atom. The lowest BCUT2D eigenvalue weighted by Gasteiger charge is -2.17. The maximum Gasteiger partial charge on any atom is 0.261 e. The lowest BCUT2D eigenvalue weighted by molar-refractivity contribution is -0.123. The second-order valence-corrected chi connectivity index (χ2v) is 9.83. The van der Waals surface area contributed by atoms with Crippen LogP contribution in [0.3, 0.4) is 0 Å². The summed E-state index contributed by atoms with van der Waals surface area (Å²) in [7, 11) is -0.647. The molecule has 1 amide bonds. The number of carbonyl (C=O) groups is 1. The molecule has 35 heavy (non-hydrogen) atoms. The summed E-state index contributed by atoms with van der Waals surface area (Å²) >= 11 is 0. The molecule has 0 spiro atoms. The van der Waals surface area contributed by atoms with Gasteiger partial charge in [0.2, 0.25) is 0 Å². The summed E-state index contributed by atoms with van der Waals surface area (Å²) in [6.07, 6.45) is 0. The van der Waals surface area contributed by atoms with Crippen LogP contribution in [-0.2, 0) is 14.8 Å². The standard InChI is InChI=1S/C26H30N2O6S/c1-17-12-18(2)14-21(13-17)28-35(30,31)23-9-7-22(8-10-23)34-16-26(29)27-19(3)20-6-11-24(32-4)25(15-20)33-5/h6-15,19,28H,16H2,1-5H3,(H,27,29). The summed E-state index contributed by atoms with van der Waals surface area (Å²) in [4.78, 5) is 12.5. The van der Waals surface area contributed by atoms with Crippen LogP contribution in [0, 0.1) is 13.8 Å². The predicted octanol–water partition coefficient (Wildman–Crippen LogP) is 4.38. The first-order chi connectivity index (χ1) is 16.6. The van der Waals surface area contributed by atoms with Crippen LogP contribution >= 0.6 is 0 Å². The van der Waals surface area contributed by atoms with E-state index in [-0.39, 0.29) is 23.5 Å². The van der Waals surface area contributed by atoms with Crippen molar-refractivity contribution in [3.8, 4) is 17.2 Å². The molecule has 0 aliphatic carbocycles. The molecule has 0 bridgehead atoms. The lowest BCUT2D eigenvalue weighted by Crippen LogP contribution is -2.31. The van der Waals surface area contributed by atoms with Gasteiger partial charge in [0.15, 0.2) is 18.1 Å². The third-order valence-electron chi connectivity index (χ3n) is 5.26. The minimum Gasteiger partial charge on any atom is -0.493 e. The maximum absolute atomic E-state index is 12.7. The number of hydrogen-bond donors (Lipinski definition) is 2. The Labute approximate surface area is 206 Å². The molecule has 1 unspecified atom stereocenters. The van der Waals surface area contributed by atoms with Crippen molar-refractivity contribution in [1.82, 2.24) is 5.32 Å². The zero-order valence-corrected chi connectivity index (χ0v) is 21.2. The van der Waals surface area contributed by atoms with Crippen molar-refractivity contribution in [1.29, 1.82) is 0 Å². The predicted molar refractivity (Wildman–Crippen MR) is 135 cm³/mol. The Morgan fingerprint density at radius 2 is 1.51 bits per heavy atom. The van der Waals surface area contributed by atoms with E-state index in [0.717, 1.165) is 16.7 Å². The van der Waals surface area contributed by atoms with Gasteiger partial charge in [0.1, 0.15) is 5.75 Å². The van der Waals surface area contributed by atoms with Crippen LogP contribution in [-0.4, -0.2) is 35.2 Å². The van der Waals surface area contributed by atoms with Gasteiger partial charge in [-0.1, -0.05) is 12.1 Å². The zero-order valence-electron chi connectivity index (χ0n) is 20.4. The van der Waals surface area contributed by atoms with Gasteiger partial charge in [-0.3, -0.25) is 9.52 Å². The van der Waals surface area contributed by atoms with Crippen molar-refractivity contribution in [3.63, 3.8) is 0 Å². The smallest absolute Gasteiger partial charge is 0.261 e. The van der Waals surface area contributed by atoms with Crippen molar-refractivity contribution in [2.45, 2.75) is 31.7 Å². The number of hydrogen-bond acceptors (Lipinski definition) is 6. The van der Waals surface area contributed by atoms with Crippen LogP contribution in [0.25, 0.3) is 0 Å². The molecule has 0 aliphatic heterocycles. The summed E-state index contributed by atoms with van der Waals surface area (Å²) in [5, 5.41) is 2.86. The van der Waals surface area contributed by atoms with E-state index < -0.39 is 10.0 Å². The Kier molecular flexibility index (Phi) is 8.24. The van der Waals surface area contributed by atoms with E-state index >= 15 is 0 Å². The molecule has 0 saturated carbocycles. The monoisotopic (exact) mass is 498 g/mol. The molecular formula is C26H30N2O6S. The number of rotatable bonds is 10. The number of anilines is 1. The van der Waals surface area contributed by atoms with E-state index in [0.29, 0.717) is 22.9 Å². The maximum atomic E-state index is 12.7. The molecule has 0 aromatic heterocycles. The quantitative estimate of drug-likeness (QED) is 0.430. The summed E-state index contributed by atoms with van der Waals surface area (Å²) in [6.45, 7) is 5.44. The molecule has 0 radical (unpaired) electrons. The van der Waals surface area contributed by atoms with Gasteiger partial charge in [-0.2, -0.15) is 0 Å². The SMILES string of the molecule is COc1ccc(C(C)NC(=O)COc2ccc(S(=O)(=O)Nc3cc(C)cc(C)c3)cc2)cc1OC. The number of sulfonamides is 1. The fourth-order valence-corrected chi connectivity index (χ4v) is 4.64. The lowest BCUT2D eigenvalue weighted by atomic mass is 10.1. The molecule has 3 aromatic carbocycles. The molecule has 186 valence electrons. The first kappa shape index (κ1) is 25.9. The van der Waals surface area contributed by atoms with E-state index in [1.54, 1.807) is 38.5 Å². The Balaban J connectivity index is 1.57. The first-order valence-electron chi connectivity index (χ1n) is 11.0. The summed E-state index contributed by atoms with van der Waals surface area (Å²) in [6, 6.07) is 16.5. The third-order valence-corrected chi connectivity index (χ3v) is 6.66. The van der Waals surface area contributed by atoms with Crippen LogP contribution in [0.2, 0.25) is 0 Å². The molecule has 0 fully saturated rings. The molecule has 0 saturated heterocycles. The highest BCUT2D eigenvalue weighted by atomic mass is 32.2. The highest BCUT2D eigenvalue weighted by molar-refractivity contribution is 7.92. The Morgan fingerprint density at radius 1 is 0.886 bits per heavy atom. The van der Waals surface area contributed by atoms with Gasteiger partial charge in [0, 0.05) is 5.69 Å². The fourth-order valence-electron chi connectivity index (χ4n) is 3.60. The molecule has 9 heteroatoms. The first-order valence-corrected chi connectivity index (χ1v) is 12.4. The van der Waals surface area contributed by atoms with Crippen LogP contribution in [0.15, 0.2) is 65.6 Å². The van der Waals surface area contributed by atoms with Gasteiger partial charge < -0.3 is 19.5 Å². The van der Waals surface area contributed by atoms with Gasteiger partial charge in [-0.25, -0.2) is 8.42 Å². The van der Waals surface area contributed by atoms with Crippen LogP contribution in [0.1, 0.15) is 29.7 Å². The Hall–Kier alpha value is -3.72. The van der Waals surface area contributed by atoms with Crippen LogP contribution in [0.5, 0.6) is 17.2 Å². The highest BCUT2D eigenvalue weighted by Crippen LogP contribution is 2.30. The second-order valence-electron chi connectivity index (χ2n) is 8.15. The van der Waals surface area contributed by atoms with Crippen LogP contribution < -0.4 is 24.2 Å². The topological polar surface area (TPSA) is 103 Å². The van der Waals surface area contributed by atoms with Gasteiger partial charge in [0.05, 0.1) is 25.2 Å². The van der Waals surface area contributed by atoms with E-state index in [2.05, 4.69) is 10.0 Å². The molecule has 0 aliphatic rings. The van der Waals surface area contributed by atoms with Crippen molar-refractivity contribution < 1.29 is 27.4 Å². The molecule has 8 nitrogen and oxygen atoms in total. The molecule has 2 N–H and O–H groups in total. The van der Waals surface area contributed by atoms with Gasteiger partial charge >= 0.3 is 0 Å². The highest BCUT2D eigenvalue weighted by Gasteiger charge is 2.16. The van der Waals surface area contributed by atoms with Gasteiger partial charge in [-0.15, -0.1) is 0 Å². The third kappa shape index (κ3) is 6.89. The van der Waals surface area contributed by atoms with E-state index in [1.807, 2.05) is 32.9 Å². The number of methoxy groups -OCH3 is 2. The van der Waals surface area contributed by atoms with E-state index in [4.69, 9.17) is 14.2 Å². The van der Waals surface area contributed by atoms with Gasteiger partial charge in [-0.05, 0) is 86.0 Å². The van der Waals surface area contributed by atoms with Crippen molar-refractivity contribution in [2.75, 3.05) is 25.5 Å². The molecule has 0 heterocycles. The second kappa shape index (κ2) is 11.1. The number of amides is 1.